The molecule has 3 heterocycles. The summed E-state index contributed by atoms with van der Waals surface area (Å²) in [5, 5.41) is 52.8. The number of aromatic nitrogens is 4. The van der Waals surface area contributed by atoms with Gasteiger partial charge in [-0.2, -0.15) is 5.10 Å². The molecule has 8 N–H and O–H groups in total. The third-order valence-electron chi connectivity index (χ3n) is 8.80. The molecule has 6 rings (SSSR count). The monoisotopic (exact) mass is 831 g/mol. The first-order valence-electron chi connectivity index (χ1n) is 18.2. The van der Waals surface area contributed by atoms with Gasteiger partial charge in [-0.25, -0.2) is 43.4 Å². The van der Waals surface area contributed by atoms with Crippen LogP contribution in [-0.2, 0) is 28.8 Å². The highest BCUT2D eigenvalue weighted by molar-refractivity contribution is 5.98. The van der Waals surface area contributed by atoms with Crippen LogP contribution in [0.15, 0.2) is 97.4 Å². The number of nitrogen functional groups attached to an aromatic ring is 1. The Hall–Kier alpha value is -7.45. The number of hydrogen-bond acceptors (Lipinski definition) is 13. The van der Waals surface area contributed by atoms with Crippen LogP contribution in [0.4, 0.5) is 5.82 Å². The zero-order valence-electron chi connectivity index (χ0n) is 32.4. The highest BCUT2D eigenvalue weighted by Crippen LogP contribution is 2.37. The minimum absolute atomic E-state index is 0.319. The number of nitrogens with two attached hydrogens (primary N) is 1. The van der Waals surface area contributed by atoms with E-state index in [4.69, 9.17) is 46.2 Å². The van der Waals surface area contributed by atoms with Crippen molar-refractivity contribution in [2.75, 3.05) is 39.0 Å². The minimum Gasteiger partial charge on any atom is -0.478 e. The zero-order chi connectivity index (χ0) is 44.2. The van der Waals surface area contributed by atoms with Gasteiger partial charge in [-0.15, -0.1) is 0 Å². The molecule has 0 unspecified atom stereocenters. The van der Waals surface area contributed by atoms with E-state index in [1.165, 1.54) is 39.0 Å². The maximum atomic E-state index is 9.55. The molecule has 20 nitrogen and oxygen atoms in total. The maximum absolute atomic E-state index is 9.55. The van der Waals surface area contributed by atoms with E-state index in [2.05, 4.69) is 31.5 Å². The number of rotatable bonds is 11. The van der Waals surface area contributed by atoms with Crippen LogP contribution in [0.1, 0.15) is 31.7 Å². The first-order chi connectivity index (χ1) is 28.5. The summed E-state index contributed by atoms with van der Waals surface area (Å²) in [7, 11) is 2.21. The quantitative estimate of drug-likeness (QED) is 0.106. The van der Waals surface area contributed by atoms with Crippen LogP contribution < -0.4 is 10.5 Å². The molecule has 318 valence electrons. The van der Waals surface area contributed by atoms with E-state index in [-0.39, 0.29) is 0 Å². The van der Waals surface area contributed by atoms with Crippen LogP contribution in [0, 0.1) is 0 Å². The fourth-order valence-corrected chi connectivity index (χ4v) is 6.04. The van der Waals surface area contributed by atoms with Crippen molar-refractivity contribution >= 4 is 52.7 Å². The standard InChI is InChI=1S/C28H33N7O.3C4H4O4/c1-33-15-17-34(18-16-33)21-9-11-22(12-10-21)35-28-25(27(29)30-19-31-28)26(32-35)20-7-13-24(14-8-20)36-23-5-3-2-4-6-23;3*5-3(6)1-2-4(7)8/h2-8,13-14,19,21-22H,9-12,15-18H2,1H3,(H2,29,30,31);3*1-2H,(H,5,6)(H,7,8)/b;3*2-1-. The number of ether oxygens (including phenoxy) is 1. The van der Waals surface area contributed by atoms with Gasteiger partial charge in [0.15, 0.2) is 5.65 Å². The largest absolute Gasteiger partial charge is 0.478 e. The highest BCUT2D eigenvalue weighted by Gasteiger charge is 2.30. The zero-order valence-corrected chi connectivity index (χ0v) is 32.4. The second-order valence-corrected chi connectivity index (χ2v) is 13.0. The number of aliphatic carboxylic acids is 6. The number of carbonyl (C=O) groups is 6. The summed E-state index contributed by atoms with van der Waals surface area (Å²) in [6.45, 7) is 4.68. The van der Waals surface area contributed by atoms with Gasteiger partial charge in [-0.1, -0.05) is 18.2 Å². The molecule has 1 aliphatic heterocycles. The third-order valence-corrected chi connectivity index (χ3v) is 8.80. The summed E-state index contributed by atoms with van der Waals surface area (Å²) in [5.74, 6) is -5.48. The number of piperazine rings is 1. The van der Waals surface area contributed by atoms with E-state index in [0.29, 0.717) is 54.4 Å². The summed E-state index contributed by atoms with van der Waals surface area (Å²) < 4.78 is 8.07. The van der Waals surface area contributed by atoms with E-state index >= 15 is 0 Å². The van der Waals surface area contributed by atoms with Crippen molar-refractivity contribution < 1.29 is 64.1 Å². The van der Waals surface area contributed by atoms with Gasteiger partial charge in [-0.05, 0) is 69.1 Å². The molecule has 0 spiro atoms. The minimum atomic E-state index is -1.26. The number of likely N-dealkylation sites (N-methyl/N-ethyl adjacent to an activating group) is 1. The third kappa shape index (κ3) is 16.2. The van der Waals surface area contributed by atoms with Crippen molar-refractivity contribution in [3.63, 3.8) is 0 Å². The van der Waals surface area contributed by atoms with Gasteiger partial charge >= 0.3 is 35.8 Å². The Kier molecular flexibility index (Phi) is 18.5. The van der Waals surface area contributed by atoms with Crippen molar-refractivity contribution in [3.8, 4) is 22.8 Å². The van der Waals surface area contributed by atoms with Crippen LogP contribution in [0.5, 0.6) is 11.5 Å². The fourth-order valence-electron chi connectivity index (χ4n) is 6.04. The molecule has 2 aromatic heterocycles. The first kappa shape index (κ1) is 46.9. The Morgan fingerprint density at radius 1 is 0.617 bits per heavy atom. The molecule has 4 aromatic rings. The number of carboxylic acids is 6. The molecule has 0 bridgehead atoms. The molecule has 1 saturated carbocycles. The smallest absolute Gasteiger partial charge is 0.328 e. The Balaban J connectivity index is 0.000000327. The normalized spacial score (nSPS) is 16.8. The Labute approximate surface area is 342 Å². The van der Waals surface area contributed by atoms with Crippen molar-refractivity contribution in [1.82, 2.24) is 29.5 Å². The average molecular weight is 832 g/mol. The summed E-state index contributed by atoms with van der Waals surface area (Å²) in [6.07, 6.45) is 9.47. The Morgan fingerprint density at radius 2 is 1.05 bits per heavy atom. The maximum Gasteiger partial charge on any atom is 0.328 e. The van der Waals surface area contributed by atoms with Crippen LogP contribution in [0.2, 0.25) is 0 Å². The second kappa shape index (κ2) is 23.7. The lowest BCUT2D eigenvalue weighted by Crippen LogP contribution is -2.49. The van der Waals surface area contributed by atoms with Gasteiger partial charge < -0.3 is 46.0 Å². The topological polar surface area (TPSA) is 309 Å². The van der Waals surface area contributed by atoms with E-state index in [9.17, 15) is 28.8 Å². The van der Waals surface area contributed by atoms with Gasteiger partial charge in [0, 0.05) is 74.2 Å². The first-order valence-corrected chi connectivity index (χ1v) is 18.2. The molecular weight excluding hydrogens is 786 g/mol. The second-order valence-electron chi connectivity index (χ2n) is 13.0. The molecule has 0 amide bonds. The van der Waals surface area contributed by atoms with E-state index < -0.39 is 35.8 Å². The lowest BCUT2D eigenvalue weighted by molar-refractivity contribution is -0.134. The molecule has 2 aliphatic rings. The van der Waals surface area contributed by atoms with Gasteiger partial charge in [0.05, 0.1) is 11.4 Å². The van der Waals surface area contributed by atoms with E-state index in [0.717, 1.165) is 46.6 Å². The number of benzene rings is 2. The summed E-state index contributed by atoms with van der Waals surface area (Å²) in [5.41, 5.74) is 8.99. The average Bonchev–Trinajstić information content (AvgIpc) is 3.61. The number of para-hydroxylation sites is 1. The molecule has 2 aromatic carbocycles. The van der Waals surface area contributed by atoms with Crippen molar-refractivity contribution in [2.24, 2.45) is 0 Å². The lowest BCUT2D eigenvalue weighted by atomic mass is 9.90. The van der Waals surface area contributed by atoms with E-state index in [1.54, 1.807) is 6.33 Å². The fraction of sp³-hybridized carbons (Fsp3) is 0.275. The van der Waals surface area contributed by atoms with Gasteiger partial charge in [0.2, 0.25) is 0 Å². The highest BCUT2D eigenvalue weighted by atomic mass is 16.5. The SMILES string of the molecule is CN1CCN(C2CCC(n3nc(-c4ccc(Oc5ccccc5)cc4)c4c(N)ncnc43)CC2)CC1.O=C(O)/C=C\C(=O)O.O=C(O)/C=C\C(=O)O.O=C(O)/C=C\C(=O)O. The molecule has 2 fully saturated rings. The molecule has 1 saturated heterocycles. The summed E-state index contributed by atoms with van der Waals surface area (Å²) >= 11 is 0. The predicted molar refractivity (Wildman–Crippen MR) is 215 cm³/mol. The molecule has 0 radical (unpaired) electrons. The molecular formula is C40H45N7O13. The van der Waals surface area contributed by atoms with Gasteiger partial charge in [-0.3, -0.25) is 4.90 Å². The number of carboxylic acid groups (broad SMARTS) is 6. The molecule has 60 heavy (non-hydrogen) atoms. The summed E-state index contributed by atoms with van der Waals surface area (Å²) in [6, 6.07) is 18.8. The lowest BCUT2D eigenvalue weighted by Gasteiger charge is -2.41. The number of hydrogen-bond donors (Lipinski definition) is 7. The van der Waals surface area contributed by atoms with Crippen molar-refractivity contribution in [2.45, 2.75) is 37.8 Å². The molecule has 20 heteroatoms. The number of anilines is 1. The van der Waals surface area contributed by atoms with Crippen molar-refractivity contribution in [1.29, 1.82) is 0 Å². The van der Waals surface area contributed by atoms with Crippen molar-refractivity contribution in [3.05, 3.63) is 97.4 Å². The van der Waals surface area contributed by atoms with Crippen LogP contribution in [0.25, 0.3) is 22.3 Å². The molecule has 1 aliphatic carbocycles. The predicted octanol–water partition coefficient (Wildman–Crippen LogP) is 3.73. The summed E-state index contributed by atoms with van der Waals surface area (Å²) in [4.78, 5) is 71.3. The number of fused-ring (bicyclic) bond motifs is 1. The van der Waals surface area contributed by atoms with Crippen LogP contribution in [0.3, 0.4) is 0 Å². The Bertz CT molecular complexity index is 2040. The Morgan fingerprint density at radius 3 is 1.50 bits per heavy atom. The van der Waals surface area contributed by atoms with Crippen LogP contribution >= 0.6 is 0 Å². The van der Waals surface area contributed by atoms with Gasteiger partial charge in [0.1, 0.15) is 29.3 Å². The van der Waals surface area contributed by atoms with Gasteiger partial charge in [0.25, 0.3) is 0 Å². The number of nitrogens with zero attached hydrogens (tertiary/aromatic N) is 6. The van der Waals surface area contributed by atoms with E-state index in [1.807, 2.05) is 54.6 Å². The van der Waals surface area contributed by atoms with Crippen LogP contribution in [-0.4, -0.2) is 135 Å². The molecule has 0 atom stereocenters.